The lowest BCUT2D eigenvalue weighted by Crippen LogP contribution is -2.44. The number of piperidine rings is 1. The van der Waals surface area contributed by atoms with Gasteiger partial charge in [0.2, 0.25) is 0 Å². The van der Waals surface area contributed by atoms with Crippen molar-refractivity contribution in [2.24, 2.45) is 0 Å². The summed E-state index contributed by atoms with van der Waals surface area (Å²) in [5.41, 5.74) is 5.07. The van der Waals surface area contributed by atoms with Crippen LogP contribution < -0.4 is 5.32 Å². The third kappa shape index (κ3) is 5.17. The van der Waals surface area contributed by atoms with Crippen LogP contribution in [0.3, 0.4) is 0 Å². The predicted octanol–water partition coefficient (Wildman–Crippen LogP) is 4.79. The highest BCUT2D eigenvalue weighted by Gasteiger charge is 2.24. The van der Waals surface area contributed by atoms with Gasteiger partial charge in [-0.3, -0.25) is 9.69 Å². The van der Waals surface area contributed by atoms with Crippen LogP contribution in [-0.4, -0.2) is 39.7 Å². The van der Waals surface area contributed by atoms with Gasteiger partial charge in [-0.15, -0.1) is 0 Å². The molecule has 1 aliphatic rings. The number of amides is 1. The zero-order valence-corrected chi connectivity index (χ0v) is 18.9. The molecular weight excluding hydrogens is 408 g/mol. The molecule has 0 atom stereocenters. The molecule has 0 unspecified atom stereocenters. The quantitative estimate of drug-likeness (QED) is 0.604. The van der Waals surface area contributed by atoms with Gasteiger partial charge in [0.15, 0.2) is 0 Å². The Kier molecular flexibility index (Phi) is 6.73. The van der Waals surface area contributed by atoms with E-state index in [0.717, 1.165) is 55.3 Å². The molecule has 5 nitrogen and oxygen atoms in total. The van der Waals surface area contributed by atoms with Gasteiger partial charge in [-0.2, -0.15) is 5.10 Å². The molecule has 4 rings (SSSR count). The van der Waals surface area contributed by atoms with E-state index in [-0.39, 0.29) is 11.9 Å². The maximum atomic E-state index is 13.0. The molecule has 31 heavy (non-hydrogen) atoms. The van der Waals surface area contributed by atoms with Crippen LogP contribution in [0.2, 0.25) is 5.02 Å². The van der Waals surface area contributed by atoms with Crippen molar-refractivity contribution in [2.75, 3.05) is 13.1 Å². The number of carbonyl (C=O) groups excluding carboxylic acids is 1. The van der Waals surface area contributed by atoms with Crippen LogP contribution in [0.5, 0.6) is 0 Å². The highest BCUT2D eigenvalue weighted by Crippen LogP contribution is 2.19. The van der Waals surface area contributed by atoms with E-state index in [4.69, 9.17) is 11.6 Å². The summed E-state index contributed by atoms with van der Waals surface area (Å²) in [4.78, 5) is 15.4. The Morgan fingerprint density at radius 3 is 2.42 bits per heavy atom. The van der Waals surface area contributed by atoms with Crippen molar-refractivity contribution in [3.05, 3.63) is 82.1 Å². The van der Waals surface area contributed by atoms with Gasteiger partial charge in [0.05, 0.1) is 23.1 Å². The van der Waals surface area contributed by atoms with Crippen molar-refractivity contribution >= 4 is 17.5 Å². The minimum absolute atomic E-state index is 0.0219. The van der Waals surface area contributed by atoms with Crippen LogP contribution in [0.25, 0.3) is 5.69 Å². The van der Waals surface area contributed by atoms with Crippen LogP contribution in [0.15, 0.2) is 54.7 Å². The van der Waals surface area contributed by atoms with Crippen LogP contribution >= 0.6 is 11.6 Å². The van der Waals surface area contributed by atoms with E-state index in [1.54, 1.807) is 6.20 Å². The van der Waals surface area contributed by atoms with Gasteiger partial charge in [-0.1, -0.05) is 48.4 Å². The fraction of sp³-hybridized carbons (Fsp3) is 0.360. The van der Waals surface area contributed by atoms with E-state index < -0.39 is 0 Å². The minimum Gasteiger partial charge on any atom is -0.349 e. The summed E-state index contributed by atoms with van der Waals surface area (Å²) in [5, 5.41) is 8.51. The zero-order valence-electron chi connectivity index (χ0n) is 18.1. The molecule has 0 saturated carbocycles. The summed E-state index contributed by atoms with van der Waals surface area (Å²) in [6, 6.07) is 16.4. The van der Waals surface area contributed by atoms with Crippen molar-refractivity contribution in [1.82, 2.24) is 20.0 Å². The van der Waals surface area contributed by atoms with Crippen molar-refractivity contribution in [3.8, 4) is 5.69 Å². The molecule has 0 radical (unpaired) electrons. The van der Waals surface area contributed by atoms with Crippen molar-refractivity contribution < 1.29 is 4.79 Å². The number of aromatic nitrogens is 2. The molecule has 1 aliphatic heterocycles. The molecule has 6 heteroatoms. The van der Waals surface area contributed by atoms with Crippen LogP contribution in [0.4, 0.5) is 0 Å². The van der Waals surface area contributed by atoms with E-state index in [1.807, 2.05) is 28.9 Å². The van der Waals surface area contributed by atoms with E-state index in [1.165, 1.54) is 11.1 Å². The summed E-state index contributed by atoms with van der Waals surface area (Å²) in [6.07, 6.45) is 4.35. The smallest absolute Gasteiger partial charge is 0.254 e. The number of hydrogen-bond donors (Lipinski definition) is 1. The average Bonchev–Trinajstić information content (AvgIpc) is 3.21. The lowest BCUT2D eigenvalue weighted by molar-refractivity contribution is 0.0908. The number of aryl methyl sites for hydroxylation is 1. The Labute approximate surface area is 189 Å². The number of nitrogens with one attached hydrogen (secondary N) is 1. The normalized spacial score (nSPS) is 15.2. The van der Waals surface area contributed by atoms with E-state index in [9.17, 15) is 4.79 Å². The first-order valence-electron chi connectivity index (χ1n) is 10.9. The molecule has 0 spiro atoms. The zero-order chi connectivity index (χ0) is 21.8. The highest BCUT2D eigenvalue weighted by molar-refractivity contribution is 6.30. The fourth-order valence-electron chi connectivity index (χ4n) is 4.16. The number of benzene rings is 2. The lowest BCUT2D eigenvalue weighted by atomic mass is 10.0. The molecule has 0 bridgehead atoms. The lowest BCUT2D eigenvalue weighted by Gasteiger charge is -2.32. The molecule has 162 valence electrons. The molecule has 1 N–H and O–H groups in total. The second-order valence-electron chi connectivity index (χ2n) is 8.26. The molecule has 2 heterocycles. The molecular formula is C25H29ClN4O. The monoisotopic (exact) mass is 436 g/mol. The van der Waals surface area contributed by atoms with Crippen molar-refractivity contribution in [3.63, 3.8) is 0 Å². The standard InChI is InChI=1S/C25H29ClN4O/c1-3-24-23(16-27-30(24)22-10-4-18(2)5-11-22)25(31)28-21-12-14-29(15-13-21)17-19-6-8-20(26)9-7-19/h4-11,16,21H,3,12-15,17H2,1-2H3,(H,28,31). The first kappa shape index (κ1) is 21.6. The summed E-state index contributed by atoms with van der Waals surface area (Å²) in [7, 11) is 0. The second-order valence-corrected chi connectivity index (χ2v) is 8.69. The summed E-state index contributed by atoms with van der Waals surface area (Å²) in [5.74, 6) is -0.0219. The van der Waals surface area contributed by atoms with Crippen molar-refractivity contribution in [1.29, 1.82) is 0 Å². The third-order valence-corrected chi connectivity index (χ3v) is 6.22. The summed E-state index contributed by atoms with van der Waals surface area (Å²) >= 11 is 5.98. The fourth-order valence-corrected chi connectivity index (χ4v) is 4.28. The SMILES string of the molecule is CCc1c(C(=O)NC2CCN(Cc3ccc(Cl)cc3)CC2)cnn1-c1ccc(C)cc1. The largest absolute Gasteiger partial charge is 0.349 e. The number of carbonyl (C=O) groups is 1. The maximum Gasteiger partial charge on any atom is 0.254 e. The maximum absolute atomic E-state index is 13.0. The van der Waals surface area contributed by atoms with E-state index in [0.29, 0.717) is 5.56 Å². The van der Waals surface area contributed by atoms with Gasteiger partial charge in [0, 0.05) is 30.7 Å². The molecule has 2 aromatic carbocycles. The van der Waals surface area contributed by atoms with Crippen molar-refractivity contribution in [2.45, 2.75) is 45.7 Å². The number of hydrogen-bond acceptors (Lipinski definition) is 3. The van der Waals surface area contributed by atoms with Crippen LogP contribution in [-0.2, 0) is 13.0 Å². The Bertz CT molecular complexity index is 1020. The average molecular weight is 437 g/mol. The number of halogens is 1. The van der Waals surface area contributed by atoms with Crippen LogP contribution in [0.1, 0.15) is 46.9 Å². The first-order valence-corrected chi connectivity index (χ1v) is 11.3. The number of rotatable bonds is 6. The minimum atomic E-state index is -0.0219. The molecule has 0 aliphatic carbocycles. The Morgan fingerprint density at radius 1 is 1.10 bits per heavy atom. The number of nitrogens with zero attached hydrogens (tertiary/aromatic N) is 3. The summed E-state index contributed by atoms with van der Waals surface area (Å²) < 4.78 is 1.88. The molecule has 3 aromatic rings. The topological polar surface area (TPSA) is 50.2 Å². The molecule has 1 aromatic heterocycles. The first-order chi connectivity index (χ1) is 15.0. The van der Waals surface area contributed by atoms with Gasteiger partial charge in [0.25, 0.3) is 5.91 Å². The van der Waals surface area contributed by atoms with Gasteiger partial charge in [0.1, 0.15) is 0 Å². The number of likely N-dealkylation sites (tertiary alicyclic amines) is 1. The third-order valence-electron chi connectivity index (χ3n) is 5.97. The van der Waals surface area contributed by atoms with E-state index in [2.05, 4.69) is 53.4 Å². The van der Waals surface area contributed by atoms with Gasteiger partial charge < -0.3 is 5.32 Å². The van der Waals surface area contributed by atoms with Crippen LogP contribution in [0, 0.1) is 6.92 Å². The van der Waals surface area contributed by atoms with Gasteiger partial charge >= 0.3 is 0 Å². The predicted molar refractivity (Wildman–Crippen MR) is 125 cm³/mol. The molecule has 1 fully saturated rings. The van der Waals surface area contributed by atoms with E-state index >= 15 is 0 Å². The highest BCUT2D eigenvalue weighted by atomic mass is 35.5. The molecule has 1 amide bonds. The van der Waals surface area contributed by atoms with Gasteiger partial charge in [-0.05, 0) is 56.0 Å². The molecule has 1 saturated heterocycles. The Hall–Kier alpha value is -2.63. The Balaban J connectivity index is 1.36. The summed E-state index contributed by atoms with van der Waals surface area (Å²) in [6.45, 7) is 6.98. The van der Waals surface area contributed by atoms with Gasteiger partial charge in [-0.25, -0.2) is 4.68 Å². The Morgan fingerprint density at radius 2 is 1.77 bits per heavy atom. The second kappa shape index (κ2) is 9.67.